The lowest BCUT2D eigenvalue weighted by Crippen LogP contribution is -2.35. The molecule has 1 saturated carbocycles. The first kappa shape index (κ1) is 7.69. The molecule has 1 unspecified atom stereocenters. The van der Waals surface area contributed by atoms with E-state index in [0.717, 1.165) is 12.8 Å². The molecule has 0 spiro atoms. The van der Waals surface area contributed by atoms with Gasteiger partial charge in [-0.25, -0.2) is 0 Å². The summed E-state index contributed by atoms with van der Waals surface area (Å²) in [6.07, 6.45) is 1.14. The number of carbonyl (C=O) groups excluding carboxylic acids is 1. The number of aliphatic hydroxyl groups excluding tert-OH is 2. The van der Waals surface area contributed by atoms with E-state index in [9.17, 15) is 4.79 Å². The van der Waals surface area contributed by atoms with Gasteiger partial charge in [0.1, 0.15) is 6.10 Å². The Bertz CT molecular complexity index is 133. The van der Waals surface area contributed by atoms with Gasteiger partial charge >= 0.3 is 0 Å². The molecule has 0 aromatic carbocycles. The Hall–Kier alpha value is -0.410. The van der Waals surface area contributed by atoms with Gasteiger partial charge in [0, 0.05) is 18.9 Å². The van der Waals surface area contributed by atoms with Crippen molar-refractivity contribution in [3.63, 3.8) is 0 Å². The minimum atomic E-state index is -0.904. The average molecular weight is 144 g/mol. The highest BCUT2D eigenvalue weighted by Gasteiger charge is 2.28. The van der Waals surface area contributed by atoms with E-state index in [4.69, 9.17) is 10.2 Å². The fourth-order valence-corrected chi connectivity index (χ4v) is 1.30. The maximum atomic E-state index is 10.8. The van der Waals surface area contributed by atoms with Crippen LogP contribution in [0.5, 0.6) is 0 Å². The summed E-state index contributed by atoms with van der Waals surface area (Å²) in [6, 6.07) is 0. The van der Waals surface area contributed by atoms with Gasteiger partial charge in [-0.3, -0.25) is 4.79 Å². The molecule has 0 bridgehead atoms. The molecule has 0 aliphatic heterocycles. The highest BCUT2D eigenvalue weighted by atomic mass is 16.3. The van der Waals surface area contributed by atoms with Crippen LogP contribution in [0.4, 0.5) is 0 Å². The van der Waals surface area contributed by atoms with Crippen LogP contribution in [0.15, 0.2) is 0 Å². The largest absolute Gasteiger partial charge is 0.396 e. The fraction of sp³-hybridized carbons (Fsp3) is 0.857. The molecule has 0 heterocycles. The number of rotatable bonds is 1. The number of carbonyl (C=O) groups is 1. The monoisotopic (exact) mass is 144 g/mol. The van der Waals surface area contributed by atoms with Crippen LogP contribution < -0.4 is 0 Å². The van der Waals surface area contributed by atoms with Crippen molar-refractivity contribution in [2.45, 2.75) is 25.4 Å². The molecule has 0 aromatic heterocycles. The van der Waals surface area contributed by atoms with Gasteiger partial charge in [0.05, 0.1) is 0 Å². The van der Waals surface area contributed by atoms with Crippen LogP contribution in [-0.4, -0.2) is 28.7 Å². The molecule has 1 aliphatic rings. The van der Waals surface area contributed by atoms with Gasteiger partial charge in [0.25, 0.3) is 0 Å². The molecule has 1 aliphatic carbocycles. The molecule has 2 N–H and O–H groups in total. The first-order valence-corrected chi connectivity index (χ1v) is 3.57. The first-order valence-electron chi connectivity index (χ1n) is 3.57. The lowest BCUT2D eigenvalue weighted by atomic mass is 9.86. The molecule has 0 aromatic rings. The van der Waals surface area contributed by atoms with E-state index in [0.29, 0.717) is 6.42 Å². The summed E-state index contributed by atoms with van der Waals surface area (Å²) in [5.41, 5.74) is 0. The SMILES string of the molecule is O=C1CCCC(CO)[C@H]1O. The van der Waals surface area contributed by atoms with Crippen LogP contribution in [0, 0.1) is 5.92 Å². The minimum absolute atomic E-state index is 0.0765. The average Bonchev–Trinajstić information content (AvgIpc) is 1.95. The number of aliphatic hydroxyl groups is 2. The molecule has 1 rings (SSSR count). The van der Waals surface area contributed by atoms with Crippen molar-refractivity contribution in [3.05, 3.63) is 0 Å². The number of hydrogen-bond donors (Lipinski definition) is 2. The van der Waals surface area contributed by atoms with Gasteiger partial charge in [-0.1, -0.05) is 0 Å². The van der Waals surface area contributed by atoms with Gasteiger partial charge in [-0.05, 0) is 12.8 Å². The zero-order valence-corrected chi connectivity index (χ0v) is 5.79. The molecule has 3 nitrogen and oxygen atoms in total. The van der Waals surface area contributed by atoms with Gasteiger partial charge in [0.15, 0.2) is 5.78 Å². The van der Waals surface area contributed by atoms with Crippen LogP contribution in [0.1, 0.15) is 19.3 Å². The van der Waals surface area contributed by atoms with E-state index in [1.54, 1.807) is 0 Å². The standard InChI is InChI=1S/C7H12O3/c8-4-5-2-1-3-6(9)7(5)10/h5,7-8,10H,1-4H2/t5?,7-/m1/s1. The summed E-state index contributed by atoms with van der Waals surface area (Å²) >= 11 is 0. The van der Waals surface area contributed by atoms with Gasteiger partial charge in [-0.15, -0.1) is 0 Å². The molecule has 2 atom stereocenters. The predicted octanol–water partition coefficient (Wildman–Crippen LogP) is -0.291. The molecule has 0 amide bonds. The highest BCUT2D eigenvalue weighted by molar-refractivity contribution is 5.83. The third-order valence-electron chi connectivity index (χ3n) is 2.01. The second-order valence-corrected chi connectivity index (χ2v) is 2.75. The van der Waals surface area contributed by atoms with Crippen molar-refractivity contribution < 1.29 is 15.0 Å². The lowest BCUT2D eigenvalue weighted by molar-refractivity contribution is -0.133. The maximum Gasteiger partial charge on any atom is 0.161 e. The summed E-state index contributed by atoms with van der Waals surface area (Å²) < 4.78 is 0. The van der Waals surface area contributed by atoms with Crippen LogP contribution in [0.2, 0.25) is 0 Å². The summed E-state index contributed by atoms with van der Waals surface area (Å²) in [5.74, 6) is -0.327. The van der Waals surface area contributed by atoms with Crippen molar-refractivity contribution in [3.8, 4) is 0 Å². The molecule has 0 saturated heterocycles. The molecule has 58 valence electrons. The zero-order valence-electron chi connectivity index (χ0n) is 5.79. The molecule has 10 heavy (non-hydrogen) atoms. The number of Topliss-reactive ketones (excluding diaryl/α,β-unsaturated/α-hetero) is 1. The second kappa shape index (κ2) is 3.12. The highest BCUT2D eigenvalue weighted by Crippen LogP contribution is 2.20. The topological polar surface area (TPSA) is 57.5 Å². The van der Waals surface area contributed by atoms with Crippen molar-refractivity contribution in [1.29, 1.82) is 0 Å². The summed E-state index contributed by atoms with van der Waals surface area (Å²) in [7, 11) is 0. The molecule has 3 heteroatoms. The van der Waals surface area contributed by atoms with E-state index in [1.165, 1.54) is 0 Å². The molecular formula is C7H12O3. The summed E-state index contributed by atoms with van der Waals surface area (Å²) in [5, 5.41) is 17.8. The van der Waals surface area contributed by atoms with Crippen LogP contribution in [-0.2, 0) is 4.79 Å². The van der Waals surface area contributed by atoms with Gasteiger partial charge in [0.2, 0.25) is 0 Å². The smallest absolute Gasteiger partial charge is 0.161 e. The van der Waals surface area contributed by atoms with E-state index in [-0.39, 0.29) is 18.3 Å². The molecule has 1 fully saturated rings. The Morgan fingerprint density at radius 3 is 2.80 bits per heavy atom. The number of ketones is 1. The Labute approximate surface area is 59.7 Å². The van der Waals surface area contributed by atoms with E-state index in [2.05, 4.69) is 0 Å². The Morgan fingerprint density at radius 1 is 1.60 bits per heavy atom. The van der Waals surface area contributed by atoms with E-state index < -0.39 is 6.10 Å². The minimum Gasteiger partial charge on any atom is -0.396 e. The first-order chi connectivity index (χ1) is 4.75. The van der Waals surface area contributed by atoms with Gasteiger partial charge < -0.3 is 10.2 Å². The number of hydrogen-bond acceptors (Lipinski definition) is 3. The summed E-state index contributed by atoms with van der Waals surface area (Å²) in [6.45, 7) is -0.0765. The lowest BCUT2D eigenvalue weighted by Gasteiger charge is -2.24. The van der Waals surface area contributed by atoms with Gasteiger partial charge in [-0.2, -0.15) is 0 Å². The van der Waals surface area contributed by atoms with Crippen molar-refractivity contribution in [1.82, 2.24) is 0 Å². The predicted molar refractivity (Wildman–Crippen MR) is 35.4 cm³/mol. The van der Waals surface area contributed by atoms with Crippen LogP contribution in [0.25, 0.3) is 0 Å². The quantitative estimate of drug-likeness (QED) is 0.531. The molecule has 0 radical (unpaired) electrons. The van der Waals surface area contributed by atoms with Crippen LogP contribution >= 0.6 is 0 Å². The van der Waals surface area contributed by atoms with E-state index in [1.807, 2.05) is 0 Å². The van der Waals surface area contributed by atoms with Crippen molar-refractivity contribution in [2.24, 2.45) is 5.92 Å². The third-order valence-corrected chi connectivity index (χ3v) is 2.01. The Morgan fingerprint density at radius 2 is 2.30 bits per heavy atom. The van der Waals surface area contributed by atoms with Crippen molar-refractivity contribution >= 4 is 5.78 Å². The van der Waals surface area contributed by atoms with Crippen molar-refractivity contribution in [2.75, 3.05) is 6.61 Å². The van der Waals surface area contributed by atoms with E-state index >= 15 is 0 Å². The third kappa shape index (κ3) is 1.36. The Kier molecular flexibility index (Phi) is 2.40. The second-order valence-electron chi connectivity index (χ2n) is 2.75. The maximum absolute atomic E-state index is 10.8. The Balaban J connectivity index is 2.51. The zero-order chi connectivity index (χ0) is 7.56. The fourth-order valence-electron chi connectivity index (χ4n) is 1.30. The molecular weight excluding hydrogens is 132 g/mol. The normalized spacial score (nSPS) is 34.4. The summed E-state index contributed by atoms with van der Waals surface area (Å²) in [4.78, 5) is 10.8. The van der Waals surface area contributed by atoms with Crippen LogP contribution in [0.3, 0.4) is 0 Å².